The summed E-state index contributed by atoms with van der Waals surface area (Å²) in [6.45, 7) is 0. The van der Waals surface area contributed by atoms with E-state index in [0.717, 1.165) is 16.8 Å². The number of phenolic OH excluding ortho intramolecular Hbond substituents is 2. The fraction of sp³-hybridized carbons (Fsp3) is 0.130. The zero-order valence-corrected chi connectivity index (χ0v) is 17.1. The molecule has 0 unspecified atom stereocenters. The van der Waals surface area contributed by atoms with E-state index in [2.05, 4.69) is 0 Å². The van der Waals surface area contributed by atoms with Crippen LogP contribution in [0.15, 0.2) is 66.7 Å². The molecule has 0 atom stereocenters. The van der Waals surface area contributed by atoms with Gasteiger partial charge in [0.2, 0.25) is 0 Å². The fourth-order valence-corrected chi connectivity index (χ4v) is 3.45. The van der Waals surface area contributed by atoms with Crippen molar-refractivity contribution in [1.29, 1.82) is 0 Å². The molecule has 0 aliphatic heterocycles. The summed E-state index contributed by atoms with van der Waals surface area (Å²) >= 11 is 0. The van der Waals surface area contributed by atoms with E-state index in [9.17, 15) is 41.7 Å². The van der Waals surface area contributed by atoms with Crippen LogP contribution >= 0.6 is 0 Å². The molecule has 4 aromatic carbocycles. The van der Waals surface area contributed by atoms with Gasteiger partial charge in [0, 0.05) is 38.5 Å². The zero-order valence-electron chi connectivity index (χ0n) is 17.1. The molecule has 0 spiro atoms. The molecule has 0 radical (unpaired) electrons. The van der Waals surface area contributed by atoms with Crippen LogP contribution in [0.1, 0.15) is 5.56 Å². The van der Waals surface area contributed by atoms with E-state index in [1.807, 2.05) is 24.3 Å². The normalized spacial score (nSPS) is 12.4. The van der Waals surface area contributed by atoms with Crippen molar-refractivity contribution < 1.29 is 41.7 Å². The number of hydrogen-bond acceptors (Lipinski definition) is 5. The van der Waals surface area contributed by atoms with Gasteiger partial charge in [-0.15, -0.1) is 0 Å². The first-order valence-electron chi connectivity index (χ1n) is 9.52. The van der Waals surface area contributed by atoms with Crippen LogP contribution in [0, 0.1) is 0 Å². The molecule has 0 heterocycles. The van der Waals surface area contributed by atoms with Crippen LogP contribution in [0.4, 0.5) is 37.7 Å². The Balaban J connectivity index is 0.000000226. The zero-order chi connectivity index (χ0) is 25.5. The van der Waals surface area contributed by atoms with Gasteiger partial charge in [0.1, 0.15) is 11.5 Å². The smallest absolute Gasteiger partial charge is 0.430 e. The number of anilines is 2. The molecular weight excluding hydrogens is 466 g/mol. The Morgan fingerprint density at radius 2 is 1.03 bits per heavy atom. The maximum absolute atomic E-state index is 12.9. The van der Waals surface area contributed by atoms with Crippen LogP contribution in [0.5, 0.6) is 11.5 Å². The second-order valence-electron chi connectivity index (χ2n) is 7.33. The third-order valence-electron chi connectivity index (χ3n) is 5.21. The van der Waals surface area contributed by atoms with E-state index < -0.39 is 35.0 Å². The van der Waals surface area contributed by atoms with Gasteiger partial charge in [-0.25, -0.2) is 0 Å². The summed E-state index contributed by atoms with van der Waals surface area (Å²) in [5.74, 6) is -0.577. The van der Waals surface area contributed by atoms with Gasteiger partial charge >= 0.3 is 12.4 Å². The molecule has 11 heteroatoms. The standard InChI is InChI=1S/C13H9F6NO2.C10H9NO/c14-12(15,16)11(22,13(17,18)19)8-5-9(21)6-3-1-2-4-7(6)10(8)20;11-9-5-6-10(12)8-4-2-1-3-7(8)9/h1-5,21-22H,20H2;1-6,12H,11H2. The van der Waals surface area contributed by atoms with Crippen LogP contribution in [-0.2, 0) is 5.60 Å². The van der Waals surface area contributed by atoms with Gasteiger partial charge in [-0.1, -0.05) is 48.5 Å². The van der Waals surface area contributed by atoms with Gasteiger partial charge in [-0.05, 0) is 18.2 Å². The lowest BCUT2D eigenvalue weighted by molar-refractivity contribution is -0.375. The first-order chi connectivity index (χ1) is 15.7. The molecule has 0 saturated heterocycles. The monoisotopic (exact) mass is 484 g/mol. The molecular formula is C23H18F6N2O3. The van der Waals surface area contributed by atoms with E-state index in [-0.39, 0.29) is 22.6 Å². The number of nitrogen functional groups attached to an aromatic ring is 2. The Kier molecular flexibility index (Phi) is 6.19. The van der Waals surface area contributed by atoms with Crippen LogP contribution < -0.4 is 11.5 Å². The molecule has 0 fully saturated rings. The van der Waals surface area contributed by atoms with Crippen molar-refractivity contribution in [3.05, 3.63) is 72.3 Å². The minimum absolute atomic E-state index is 0.0320. The van der Waals surface area contributed by atoms with Crippen molar-refractivity contribution in [3.8, 4) is 11.5 Å². The lowest BCUT2D eigenvalue weighted by Gasteiger charge is -2.33. The number of benzene rings is 4. The molecule has 0 bridgehead atoms. The molecule has 0 amide bonds. The van der Waals surface area contributed by atoms with Crippen molar-refractivity contribution in [1.82, 2.24) is 0 Å². The molecule has 0 aliphatic rings. The summed E-state index contributed by atoms with van der Waals surface area (Å²) < 4.78 is 77.3. The Hall–Kier alpha value is -3.86. The van der Waals surface area contributed by atoms with Crippen molar-refractivity contribution >= 4 is 32.9 Å². The summed E-state index contributed by atoms with van der Waals surface area (Å²) in [6, 6.07) is 16.2. The highest BCUT2D eigenvalue weighted by Crippen LogP contribution is 2.53. The molecule has 4 aromatic rings. The summed E-state index contributed by atoms with van der Waals surface area (Å²) in [5.41, 5.74) is 4.04. The van der Waals surface area contributed by atoms with Gasteiger partial charge in [0.15, 0.2) is 0 Å². The predicted molar refractivity (Wildman–Crippen MR) is 116 cm³/mol. The molecule has 4 rings (SSSR count). The number of aromatic hydroxyl groups is 2. The quantitative estimate of drug-likeness (QED) is 0.138. The maximum atomic E-state index is 12.9. The second kappa shape index (κ2) is 8.49. The molecule has 180 valence electrons. The van der Waals surface area contributed by atoms with E-state index in [1.165, 1.54) is 18.2 Å². The highest BCUT2D eigenvalue weighted by molar-refractivity contribution is 5.99. The van der Waals surface area contributed by atoms with Crippen LogP contribution in [0.2, 0.25) is 0 Å². The minimum Gasteiger partial charge on any atom is -0.507 e. The van der Waals surface area contributed by atoms with Crippen LogP contribution in [-0.4, -0.2) is 27.7 Å². The average Bonchev–Trinajstić information content (AvgIpc) is 2.77. The SMILES string of the molecule is Nc1c(C(O)(C(F)(F)F)C(F)(F)F)cc(O)c2ccccc12.Nc1ccc(O)c2ccccc12. The van der Waals surface area contributed by atoms with E-state index >= 15 is 0 Å². The van der Waals surface area contributed by atoms with E-state index in [4.69, 9.17) is 11.5 Å². The van der Waals surface area contributed by atoms with Crippen molar-refractivity contribution in [2.24, 2.45) is 0 Å². The molecule has 0 aliphatic carbocycles. The Labute approximate surface area is 188 Å². The number of fused-ring (bicyclic) bond motifs is 2. The van der Waals surface area contributed by atoms with E-state index in [0.29, 0.717) is 5.69 Å². The van der Waals surface area contributed by atoms with Crippen LogP contribution in [0.3, 0.4) is 0 Å². The topological polar surface area (TPSA) is 113 Å². The number of aliphatic hydroxyl groups is 1. The third-order valence-corrected chi connectivity index (χ3v) is 5.21. The van der Waals surface area contributed by atoms with Crippen molar-refractivity contribution in [2.45, 2.75) is 18.0 Å². The van der Waals surface area contributed by atoms with E-state index in [1.54, 1.807) is 12.1 Å². The van der Waals surface area contributed by atoms with Crippen molar-refractivity contribution in [3.63, 3.8) is 0 Å². The average molecular weight is 484 g/mol. The highest BCUT2D eigenvalue weighted by atomic mass is 19.4. The number of hydrogen-bond donors (Lipinski definition) is 5. The summed E-state index contributed by atoms with van der Waals surface area (Å²) in [7, 11) is 0. The first kappa shape index (κ1) is 24.8. The largest absolute Gasteiger partial charge is 0.507 e. The van der Waals surface area contributed by atoms with Crippen molar-refractivity contribution in [2.75, 3.05) is 11.5 Å². The molecule has 7 N–H and O–H groups in total. The number of nitrogens with two attached hydrogens (primary N) is 2. The second-order valence-corrected chi connectivity index (χ2v) is 7.33. The fourth-order valence-electron chi connectivity index (χ4n) is 3.45. The van der Waals surface area contributed by atoms with Crippen LogP contribution in [0.25, 0.3) is 21.5 Å². The van der Waals surface area contributed by atoms with Gasteiger partial charge in [0.05, 0.1) is 0 Å². The highest BCUT2D eigenvalue weighted by Gasteiger charge is 2.72. The minimum atomic E-state index is -6.08. The molecule has 5 nitrogen and oxygen atoms in total. The summed E-state index contributed by atoms with van der Waals surface area (Å²) in [6.07, 6.45) is -12.2. The predicted octanol–water partition coefficient (Wildman–Crippen LogP) is 5.57. The summed E-state index contributed by atoms with van der Waals surface area (Å²) in [4.78, 5) is 0. The van der Waals surface area contributed by atoms with Gasteiger partial charge in [-0.3, -0.25) is 0 Å². The van der Waals surface area contributed by atoms with Gasteiger partial charge in [0.25, 0.3) is 5.60 Å². The molecule has 0 saturated carbocycles. The number of halogens is 6. The first-order valence-corrected chi connectivity index (χ1v) is 9.52. The molecule has 34 heavy (non-hydrogen) atoms. The third kappa shape index (κ3) is 4.10. The Morgan fingerprint density at radius 1 is 0.588 bits per heavy atom. The Morgan fingerprint density at radius 3 is 1.50 bits per heavy atom. The lowest BCUT2D eigenvalue weighted by Crippen LogP contribution is -2.54. The summed E-state index contributed by atoms with van der Waals surface area (Å²) in [5, 5.41) is 29.9. The maximum Gasteiger partial charge on any atom is 0.430 e. The van der Waals surface area contributed by atoms with Gasteiger partial charge in [-0.2, -0.15) is 26.3 Å². The molecule has 0 aromatic heterocycles. The van der Waals surface area contributed by atoms with Gasteiger partial charge < -0.3 is 26.8 Å². The number of alkyl halides is 6. The number of phenols is 2. The lowest BCUT2D eigenvalue weighted by atomic mass is 9.88. The Bertz CT molecular complexity index is 1300. The number of rotatable bonds is 1.